The molecule has 0 radical (unpaired) electrons. The van der Waals surface area contributed by atoms with Crippen molar-refractivity contribution in [2.45, 2.75) is 19.4 Å². The van der Waals surface area contributed by atoms with Gasteiger partial charge in [-0.1, -0.05) is 0 Å². The Morgan fingerprint density at radius 1 is 1.21 bits per heavy atom. The molecular weight excluding hydrogens is 334 g/mol. The fourth-order valence-electron chi connectivity index (χ4n) is 1.67. The number of methoxy groups -OCH3 is 2. The summed E-state index contributed by atoms with van der Waals surface area (Å²) in [7, 11) is 3.25. The first kappa shape index (κ1) is 18.5. The molecule has 0 aliphatic rings. The van der Waals surface area contributed by atoms with Gasteiger partial charge in [-0.15, -0.1) is 12.4 Å². The van der Waals surface area contributed by atoms with E-state index < -0.39 is 0 Å². The summed E-state index contributed by atoms with van der Waals surface area (Å²) in [6.07, 6.45) is 1.81. The molecule has 0 aromatic heterocycles. The normalized spacial score (nSPS) is 9.89. The average Bonchev–Trinajstić information content (AvgIpc) is 2.37. The van der Waals surface area contributed by atoms with Crippen LogP contribution < -0.4 is 14.8 Å². The zero-order valence-corrected chi connectivity index (χ0v) is 13.6. The highest BCUT2D eigenvalue weighted by Crippen LogP contribution is 2.36. The van der Waals surface area contributed by atoms with Crippen LogP contribution in [0.3, 0.4) is 0 Å². The average molecular weight is 355 g/mol. The summed E-state index contributed by atoms with van der Waals surface area (Å²) in [6, 6.07) is 3.98. The molecule has 0 bridgehead atoms. The minimum absolute atomic E-state index is 0. The second-order valence-corrected chi connectivity index (χ2v) is 4.77. The predicted molar refractivity (Wildman–Crippen MR) is 82.5 cm³/mol. The summed E-state index contributed by atoms with van der Waals surface area (Å²) in [5.74, 6) is 1.43. The van der Waals surface area contributed by atoms with Crippen molar-refractivity contribution in [1.29, 1.82) is 0 Å². The first-order valence-electron chi connectivity index (χ1n) is 5.95. The highest BCUT2D eigenvalue weighted by Gasteiger charge is 2.10. The summed E-state index contributed by atoms with van der Waals surface area (Å²) in [5, 5.41) is 12.0. The molecule has 0 heterocycles. The minimum atomic E-state index is 0. The molecule has 0 fully saturated rings. The van der Waals surface area contributed by atoms with Gasteiger partial charge in [0.1, 0.15) is 0 Å². The van der Waals surface area contributed by atoms with Crippen LogP contribution in [0.4, 0.5) is 0 Å². The van der Waals surface area contributed by atoms with E-state index in [9.17, 15) is 0 Å². The maximum Gasteiger partial charge on any atom is 0.174 e. The smallest absolute Gasteiger partial charge is 0.174 e. The Balaban J connectivity index is 0.00000324. The van der Waals surface area contributed by atoms with Crippen molar-refractivity contribution in [1.82, 2.24) is 5.32 Å². The van der Waals surface area contributed by atoms with Crippen LogP contribution in [-0.2, 0) is 6.54 Å². The largest absolute Gasteiger partial charge is 0.493 e. The predicted octanol–water partition coefficient (Wildman–Crippen LogP) is 2.75. The molecule has 0 unspecified atom stereocenters. The van der Waals surface area contributed by atoms with Gasteiger partial charge >= 0.3 is 0 Å². The Bertz CT molecular complexity index is 377. The van der Waals surface area contributed by atoms with Gasteiger partial charge in [0.2, 0.25) is 0 Å². The van der Waals surface area contributed by atoms with Crippen molar-refractivity contribution in [2.75, 3.05) is 27.4 Å². The van der Waals surface area contributed by atoms with Crippen LogP contribution >= 0.6 is 28.3 Å². The molecular formula is C13H21BrClNO3. The Labute approximate surface area is 129 Å². The van der Waals surface area contributed by atoms with Crippen molar-refractivity contribution in [3.8, 4) is 11.5 Å². The monoisotopic (exact) mass is 353 g/mol. The van der Waals surface area contributed by atoms with Gasteiger partial charge in [0, 0.05) is 13.2 Å². The van der Waals surface area contributed by atoms with E-state index in [1.165, 1.54) is 0 Å². The zero-order chi connectivity index (χ0) is 13.4. The molecule has 0 saturated carbocycles. The number of hydrogen-bond donors (Lipinski definition) is 2. The summed E-state index contributed by atoms with van der Waals surface area (Å²) in [4.78, 5) is 0. The lowest BCUT2D eigenvalue weighted by Gasteiger charge is -2.12. The number of hydrogen-bond acceptors (Lipinski definition) is 4. The number of benzene rings is 1. The molecule has 0 aliphatic carbocycles. The number of aliphatic hydroxyl groups is 1. The fraction of sp³-hybridized carbons (Fsp3) is 0.538. The highest BCUT2D eigenvalue weighted by atomic mass is 79.9. The Hall–Kier alpha value is -0.490. The van der Waals surface area contributed by atoms with E-state index in [4.69, 9.17) is 14.6 Å². The molecule has 19 heavy (non-hydrogen) atoms. The van der Waals surface area contributed by atoms with E-state index in [-0.39, 0.29) is 19.0 Å². The Kier molecular flexibility index (Phi) is 10.0. The quantitative estimate of drug-likeness (QED) is 0.705. The molecule has 2 N–H and O–H groups in total. The molecule has 1 aromatic rings. The van der Waals surface area contributed by atoms with Gasteiger partial charge in [0.05, 0.1) is 18.7 Å². The summed E-state index contributed by atoms with van der Waals surface area (Å²) < 4.78 is 11.4. The third kappa shape index (κ3) is 5.99. The summed E-state index contributed by atoms with van der Waals surface area (Å²) in [6.45, 7) is 1.92. The first-order valence-corrected chi connectivity index (χ1v) is 6.74. The van der Waals surface area contributed by atoms with Gasteiger partial charge in [-0.25, -0.2) is 0 Å². The molecule has 0 aliphatic heterocycles. The van der Waals surface area contributed by atoms with Gasteiger partial charge in [-0.2, -0.15) is 0 Å². The van der Waals surface area contributed by atoms with Crippen molar-refractivity contribution in [3.05, 3.63) is 22.2 Å². The molecule has 110 valence electrons. The van der Waals surface area contributed by atoms with E-state index in [0.29, 0.717) is 5.75 Å². The SMILES string of the molecule is COc1cc(CNCCCCO)cc(Br)c1OC.Cl. The van der Waals surface area contributed by atoms with Gasteiger partial charge in [-0.05, 0) is 53.0 Å². The molecule has 0 atom stereocenters. The van der Waals surface area contributed by atoms with E-state index >= 15 is 0 Å². The van der Waals surface area contributed by atoms with Gasteiger partial charge in [-0.3, -0.25) is 0 Å². The van der Waals surface area contributed by atoms with Crippen molar-refractivity contribution in [2.24, 2.45) is 0 Å². The molecule has 1 aromatic carbocycles. The molecule has 1 rings (SSSR count). The molecule has 6 heteroatoms. The second kappa shape index (κ2) is 10.3. The maximum absolute atomic E-state index is 8.68. The number of unbranched alkanes of at least 4 members (excludes halogenated alkanes) is 1. The van der Waals surface area contributed by atoms with E-state index in [2.05, 4.69) is 21.2 Å². The van der Waals surface area contributed by atoms with Crippen LogP contribution in [0.1, 0.15) is 18.4 Å². The standard InChI is InChI=1S/C13H20BrNO3.ClH/c1-17-12-8-10(7-11(14)13(12)18-2)9-15-5-3-4-6-16;/h7-8,15-16H,3-6,9H2,1-2H3;1H. The number of halogens is 2. The van der Waals surface area contributed by atoms with Crippen molar-refractivity contribution < 1.29 is 14.6 Å². The van der Waals surface area contributed by atoms with Crippen LogP contribution in [0.15, 0.2) is 16.6 Å². The van der Waals surface area contributed by atoms with E-state index in [1.807, 2.05) is 12.1 Å². The maximum atomic E-state index is 8.68. The third-order valence-electron chi connectivity index (χ3n) is 2.58. The van der Waals surface area contributed by atoms with Crippen LogP contribution in [0, 0.1) is 0 Å². The topological polar surface area (TPSA) is 50.7 Å². The fourth-order valence-corrected chi connectivity index (χ4v) is 2.32. The molecule has 4 nitrogen and oxygen atoms in total. The second-order valence-electron chi connectivity index (χ2n) is 3.92. The van der Waals surface area contributed by atoms with Gasteiger partial charge in [0.25, 0.3) is 0 Å². The first-order chi connectivity index (χ1) is 8.72. The highest BCUT2D eigenvalue weighted by molar-refractivity contribution is 9.10. The molecule has 0 amide bonds. The Morgan fingerprint density at radius 3 is 2.53 bits per heavy atom. The number of ether oxygens (including phenoxy) is 2. The lowest BCUT2D eigenvalue weighted by Crippen LogP contribution is -2.15. The van der Waals surface area contributed by atoms with Gasteiger partial charge in [0.15, 0.2) is 11.5 Å². The number of rotatable bonds is 8. The lowest BCUT2D eigenvalue weighted by molar-refractivity contribution is 0.283. The minimum Gasteiger partial charge on any atom is -0.493 e. The number of nitrogens with one attached hydrogen (secondary N) is 1. The van der Waals surface area contributed by atoms with Crippen LogP contribution in [0.25, 0.3) is 0 Å². The summed E-state index contributed by atoms with van der Waals surface area (Å²) in [5.41, 5.74) is 1.13. The van der Waals surface area contributed by atoms with Crippen molar-refractivity contribution in [3.63, 3.8) is 0 Å². The van der Waals surface area contributed by atoms with Crippen LogP contribution in [0.5, 0.6) is 11.5 Å². The number of aliphatic hydroxyl groups excluding tert-OH is 1. The third-order valence-corrected chi connectivity index (χ3v) is 3.17. The molecule has 0 saturated heterocycles. The van der Waals surface area contributed by atoms with Gasteiger partial charge < -0.3 is 19.9 Å². The van der Waals surface area contributed by atoms with Crippen LogP contribution in [-0.4, -0.2) is 32.5 Å². The molecule has 0 spiro atoms. The van der Waals surface area contributed by atoms with Crippen molar-refractivity contribution >= 4 is 28.3 Å². The Morgan fingerprint density at radius 2 is 1.95 bits per heavy atom. The zero-order valence-electron chi connectivity index (χ0n) is 11.2. The van der Waals surface area contributed by atoms with Crippen LogP contribution in [0.2, 0.25) is 0 Å². The van der Waals surface area contributed by atoms with E-state index in [0.717, 1.165) is 41.7 Å². The van der Waals surface area contributed by atoms with E-state index in [1.54, 1.807) is 14.2 Å². The summed E-state index contributed by atoms with van der Waals surface area (Å²) >= 11 is 3.47. The lowest BCUT2D eigenvalue weighted by atomic mass is 10.2.